The summed E-state index contributed by atoms with van der Waals surface area (Å²) >= 11 is 3.06. The minimum Gasteiger partial charge on any atom is -0.378 e. The molecule has 0 bridgehead atoms. The summed E-state index contributed by atoms with van der Waals surface area (Å²) in [6.07, 6.45) is 1.11. The lowest BCUT2D eigenvalue weighted by molar-refractivity contribution is -0.122. The molecule has 2 N–H and O–H groups in total. The molecule has 18 heavy (non-hydrogen) atoms. The summed E-state index contributed by atoms with van der Waals surface area (Å²) < 4.78 is 14.1. The number of carbonyl (C=O) groups is 1. The summed E-state index contributed by atoms with van der Waals surface area (Å²) in [5, 5.41) is 14.5. The van der Waals surface area contributed by atoms with Gasteiger partial charge in [-0.1, -0.05) is 0 Å². The number of hydrogen-bond donors (Lipinski definition) is 2. The summed E-state index contributed by atoms with van der Waals surface area (Å²) in [4.78, 5) is 11.0. The van der Waals surface area contributed by atoms with Gasteiger partial charge in [-0.3, -0.25) is 4.79 Å². The fourth-order valence-corrected chi connectivity index (χ4v) is 2.26. The van der Waals surface area contributed by atoms with Crippen LogP contribution in [0.1, 0.15) is 18.4 Å². The summed E-state index contributed by atoms with van der Waals surface area (Å²) in [6, 6.07) is 5.00. The number of hydrogen-bond acceptors (Lipinski definition) is 3. The van der Waals surface area contributed by atoms with Crippen molar-refractivity contribution in [2.24, 2.45) is 0 Å². The molecular formula is C12H11BrFN3O. The third-order valence-electron chi connectivity index (χ3n) is 2.83. The van der Waals surface area contributed by atoms with Crippen molar-refractivity contribution in [2.75, 3.05) is 11.9 Å². The van der Waals surface area contributed by atoms with Crippen LogP contribution in [-0.2, 0) is 4.79 Å². The van der Waals surface area contributed by atoms with Crippen molar-refractivity contribution in [3.05, 3.63) is 28.0 Å². The number of amides is 1. The molecule has 6 heteroatoms. The summed E-state index contributed by atoms with van der Waals surface area (Å²) in [5.74, 6) is -0.458. The average Bonchev–Trinajstić information content (AvgIpc) is 2.38. The Morgan fingerprint density at radius 1 is 1.56 bits per heavy atom. The first kappa shape index (κ1) is 12.8. The predicted octanol–water partition coefficient (Wildman–Crippen LogP) is 2.15. The first-order chi connectivity index (χ1) is 8.61. The number of nitriles is 1. The van der Waals surface area contributed by atoms with E-state index in [1.54, 1.807) is 6.07 Å². The van der Waals surface area contributed by atoms with Crippen LogP contribution in [0.5, 0.6) is 0 Å². The minimum absolute atomic E-state index is 0.0111. The molecule has 1 fully saturated rings. The maximum atomic E-state index is 13.9. The first-order valence-electron chi connectivity index (χ1n) is 5.53. The van der Waals surface area contributed by atoms with Crippen molar-refractivity contribution in [3.63, 3.8) is 0 Å². The first-order valence-corrected chi connectivity index (χ1v) is 6.32. The van der Waals surface area contributed by atoms with Crippen LogP contribution in [0.4, 0.5) is 10.1 Å². The van der Waals surface area contributed by atoms with E-state index >= 15 is 0 Å². The highest BCUT2D eigenvalue weighted by Crippen LogP contribution is 2.27. The van der Waals surface area contributed by atoms with Crippen molar-refractivity contribution in [1.82, 2.24) is 5.32 Å². The third-order valence-corrected chi connectivity index (χ3v) is 3.60. The minimum atomic E-state index is -0.481. The second kappa shape index (κ2) is 5.36. The zero-order valence-electron chi connectivity index (χ0n) is 9.46. The molecule has 0 aromatic heterocycles. The van der Waals surface area contributed by atoms with E-state index in [0.29, 0.717) is 25.1 Å². The van der Waals surface area contributed by atoms with Crippen LogP contribution in [0.3, 0.4) is 0 Å². The number of carbonyl (C=O) groups excluding carboxylic acids is 1. The Hall–Kier alpha value is -1.61. The standard InChI is InChI=1S/C12H11BrFN3O/c13-11-7(5-15)1-3-9(12(11)14)17-8-2-4-10(18)16-6-8/h1,3,8,17H,2,4,6H2,(H,16,18). The maximum absolute atomic E-state index is 13.9. The highest BCUT2D eigenvalue weighted by Gasteiger charge is 2.19. The molecule has 1 aromatic rings. The molecule has 1 atom stereocenters. The van der Waals surface area contributed by atoms with Crippen molar-refractivity contribution in [3.8, 4) is 6.07 Å². The molecule has 1 amide bonds. The Kier molecular flexibility index (Phi) is 3.82. The van der Waals surface area contributed by atoms with E-state index in [0.717, 1.165) is 0 Å². The lowest BCUT2D eigenvalue weighted by Gasteiger charge is -2.24. The number of nitrogens with one attached hydrogen (secondary N) is 2. The highest BCUT2D eigenvalue weighted by atomic mass is 79.9. The summed E-state index contributed by atoms with van der Waals surface area (Å²) in [6.45, 7) is 0.482. The number of rotatable bonds is 2. The van der Waals surface area contributed by atoms with Crippen molar-refractivity contribution >= 4 is 27.5 Å². The molecule has 0 spiro atoms. The predicted molar refractivity (Wildman–Crippen MR) is 68.5 cm³/mol. The smallest absolute Gasteiger partial charge is 0.220 e. The SMILES string of the molecule is N#Cc1ccc(NC2CCC(=O)NC2)c(F)c1Br. The van der Waals surface area contributed by atoms with E-state index in [1.165, 1.54) is 6.07 Å². The molecule has 0 aliphatic carbocycles. The van der Waals surface area contributed by atoms with E-state index < -0.39 is 5.82 Å². The quantitative estimate of drug-likeness (QED) is 0.879. The van der Waals surface area contributed by atoms with Crippen LogP contribution in [0, 0.1) is 17.1 Å². The zero-order valence-corrected chi connectivity index (χ0v) is 11.1. The fraction of sp³-hybridized carbons (Fsp3) is 0.333. The van der Waals surface area contributed by atoms with Gasteiger partial charge in [0.1, 0.15) is 6.07 Å². The van der Waals surface area contributed by atoms with Gasteiger partial charge in [0.25, 0.3) is 0 Å². The van der Waals surface area contributed by atoms with Gasteiger partial charge in [0.15, 0.2) is 5.82 Å². The van der Waals surface area contributed by atoms with Gasteiger partial charge in [0, 0.05) is 19.0 Å². The monoisotopic (exact) mass is 311 g/mol. The van der Waals surface area contributed by atoms with Gasteiger partial charge in [-0.2, -0.15) is 5.26 Å². The second-order valence-electron chi connectivity index (χ2n) is 4.08. The Balaban J connectivity index is 2.13. The van der Waals surface area contributed by atoms with E-state index in [4.69, 9.17) is 5.26 Å². The van der Waals surface area contributed by atoms with E-state index in [9.17, 15) is 9.18 Å². The van der Waals surface area contributed by atoms with Crippen LogP contribution in [0.25, 0.3) is 0 Å². The van der Waals surface area contributed by atoms with Gasteiger partial charge in [0.05, 0.1) is 15.7 Å². The molecule has 1 aliphatic heterocycles. The molecule has 1 heterocycles. The second-order valence-corrected chi connectivity index (χ2v) is 4.88. The Labute approximate surface area is 112 Å². The van der Waals surface area contributed by atoms with Crippen LogP contribution in [0.2, 0.25) is 0 Å². The van der Waals surface area contributed by atoms with Crippen molar-refractivity contribution < 1.29 is 9.18 Å². The fourth-order valence-electron chi connectivity index (χ4n) is 1.82. The normalized spacial score (nSPS) is 18.9. The maximum Gasteiger partial charge on any atom is 0.220 e. The Morgan fingerprint density at radius 2 is 2.33 bits per heavy atom. The topological polar surface area (TPSA) is 64.9 Å². The van der Waals surface area contributed by atoms with Crippen LogP contribution in [0.15, 0.2) is 16.6 Å². The molecule has 1 saturated heterocycles. The van der Waals surface area contributed by atoms with Crippen LogP contribution >= 0.6 is 15.9 Å². The van der Waals surface area contributed by atoms with Gasteiger partial charge >= 0.3 is 0 Å². The van der Waals surface area contributed by atoms with Gasteiger partial charge in [-0.05, 0) is 34.5 Å². The van der Waals surface area contributed by atoms with Crippen molar-refractivity contribution in [2.45, 2.75) is 18.9 Å². The lowest BCUT2D eigenvalue weighted by Crippen LogP contribution is -2.42. The van der Waals surface area contributed by atoms with E-state index in [2.05, 4.69) is 26.6 Å². The van der Waals surface area contributed by atoms with Crippen molar-refractivity contribution in [1.29, 1.82) is 5.26 Å². The van der Waals surface area contributed by atoms with Gasteiger partial charge in [-0.25, -0.2) is 4.39 Å². The van der Waals surface area contributed by atoms with E-state index in [1.807, 2.05) is 6.07 Å². The summed E-state index contributed by atoms with van der Waals surface area (Å²) in [5.41, 5.74) is 0.594. The third kappa shape index (κ3) is 2.62. The Bertz CT molecular complexity index is 517. The molecule has 1 aliphatic rings. The largest absolute Gasteiger partial charge is 0.378 e. The van der Waals surface area contributed by atoms with Gasteiger partial charge in [-0.15, -0.1) is 0 Å². The molecule has 0 radical (unpaired) electrons. The molecule has 0 saturated carbocycles. The molecule has 1 aromatic carbocycles. The van der Waals surface area contributed by atoms with Gasteiger partial charge in [0.2, 0.25) is 5.91 Å². The average molecular weight is 312 g/mol. The molecule has 4 nitrogen and oxygen atoms in total. The highest BCUT2D eigenvalue weighted by molar-refractivity contribution is 9.10. The zero-order chi connectivity index (χ0) is 13.1. The number of nitrogens with zero attached hydrogens (tertiary/aromatic N) is 1. The number of anilines is 1. The number of halogens is 2. The molecular weight excluding hydrogens is 301 g/mol. The molecule has 2 rings (SSSR count). The summed E-state index contributed by atoms with van der Waals surface area (Å²) in [7, 11) is 0. The van der Waals surface area contributed by atoms with Crippen LogP contribution in [-0.4, -0.2) is 18.5 Å². The molecule has 1 unspecified atom stereocenters. The van der Waals surface area contributed by atoms with E-state index in [-0.39, 0.29) is 22.0 Å². The lowest BCUT2D eigenvalue weighted by atomic mass is 10.1. The number of piperidine rings is 1. The molecule has 94 valence electrons. The van der Waals surface area contributed by atoms with Gasteiger partial charge < -0.3 is 10.6 Å². The van der Waals surface area contributed by atoms with Crippen LogP contribution < -0.4 is 10.6 Å². The Morgan fingerprint density at radius 3 is 2.94 bits per heavy atom. The number of benzene rings is 1.